The fourth-order valence-electron chi connectivity index (χ4n) is 1.67. The van der Waals surface area contributed by atoms with Gasteiger partial charge in [0.2, 0.25) is 0 Å². The van der Waals surface area contributed by atoms with Crippen LogP contribution in [0.2, 0.25) is 0 Å². The van der Waals surface area contributed by atoms with E-state index >= 15 is 0 Å². The smallest absolute Gasteiger partial charge is 0.254 e. The number of nitrogens with zero attached hydrogens (tertiary/aromatic N) is 1. The van der Waals surface area contributed by atoms with E-state index in [0.717, 1.165) is 31.7 Å². The molecule has 0 unspecified atom stereocenters. The highest BCUT2D eigenvalue weighted by atomic mass is 16.5. The van der Waals surface area contributed by atoms with Crippen molar-refractivity contribution in [3.8, 4) is 5.88 Å². The van der Waals surface area contributed by atoms with E-state index < -0.39 is 0 Å². The first-order valence-corrected chi connectivity index (χ1v) is 4.61. The second-order valence-electron chi connectivity index (χ2n) is 3.30. The molecular weight excluding hydrogens is 168 g/mol. The Bertz CT molecular complexity index is 266. The minimum absolute atomic E-state index is 0.512. The number of rotatable bonds is 2. The van der Waals surface area contributed by atoms with Gasteiger partial charge in [-0.2, -0.15) is 0 Å². The van der Waals surface area contributed by atoms with Crippen molar-refractivity contribution in [1.82, 2.24) is 10.5 Å². The van der Waals surface area contributed by atoms with Gasteiger partial charge in [-0.05, 0) is 31.1 Å². The number of hydrogen-bond acceptors (Lipinski definition) is 4. The van der Waals surface area contributed by atoms with Gasteiger partial charge in [0.15, 0.2) is 0 Å². The van der Waals surface area contributed by atoms with Gasteiger partial charge in [0.25, 0.3) is 5.88 Å². The number of hydrogen-bond donors (Lipinski definition) is 1. The van der Waals surface area contributed by atoms with Gasteiger partial charge in [0.1, 0.15) is 5.76 Å². The standard InChI is InChI=1S/C9H14N2O2/c1-12-9-6-8(13-11-9)7-2-4-10-5-3-7/h6-7,10H,2-5H2,1H3. The lowest BCUT2D eigenvalue weighted by atomic mass is 9.96. The lowest BCUT2D eigenvalue weighted by molar-refractivity contribution is 0.302. The van der Waals surface area contributed by atoms with Crippen LogP contribution in [-0.4, -0.2) is 25.4 Å². The van der Waals surface area contributed by atoms with E-state index in [2.05, 4.69) is 10.5 Å². The summed E-state index contributed by atoms with van der Waals surface area (Å²) in [7, 11) is 1.60. The number of ether oxygens (including phenoxy) is 1. The summed E-state index contributed by atoms with van der Waals surface area (Å²) in [6.45, 7) is 2.13. The lowest BCUT2D eigenvalue weighted by Crippen LogP contribution is -2.26. The maximum Gasteiger partial charge on any atom is 0.254 e. The molecule has 0 radical (unpaired) electrons. The Morgan fingerprint density at radius 2 is 2.31 bits per heavy atom. The predicted octanol–water partition coefficient (Wildman–Crippen LogP) is 1.15. The van der Waals surface area contributed by atoms with Crippen LogP contribution in [0.5, 0.6) is 5.88 Å². The van der Waals surface area contributed by atoms with Crippen LogP contribution in [-0.2, 0) is 0 Å². The van der Waals surface area contributed by atoms with E-state index in [4.69, 9.17) is 9.26 Å². The number of methoxy groups -OCH3 is 1. The van der Waals surface area contributed by atoms with Crippen LogP contribution < -0.4 is 10.1 Å². The van der Waals surface area contributed by atoms with Gasteiger partial charge in [-0.15, -0.1) is 0 Å². The zero-order valence-electron chi connectivity index (χ0n) is 7.75. The van der Waals surface area contributed by atoms with Crippen molar-refractivity contribution >= 4 is 0 Å². The average Bonchev–Trinajstić information content (AvgIpc) is 2.67. The minimum Gasteiger partial charge on any atom is -0.479 e. The molecule has 0 aromatic carbocycles. The molecule has 0 spiro atoms. The first-order valence-electron chi connectivity index (χ1n) is 4.61. The van der Waals surface area contributed by atoms with Crippen molar-refractivity contribution in [3.63, 3.8) is 0 Å². The molecular formula is C9H14N2O2. The first-order chi connectivity index (χ1) is 6.40. The third-order valence-corrected chi connectivity index (χ3v) is 2.46. The molecule has 1 aliphatic heterocycles. The Morgan fingerprint density at radius 3 is 2.92 bits per heavy atom. The zero-order chi connectivity index (χ0) is 9.10. The highest BCUT2D eigenvalue weighted by molar-refractivity contribution is 5.15. The maximum absolute atomic E-state index is 5.19. The van der Waals surface area contributed by atoms with E-state index in [-0.39, 0.29) is 0 Å². The SMILES string of the molecule is COc1cc(C2CCNCC2)on1. The Labute approximate surface area is 77.2 Å². The number of aromatic nitrogens is 1. The van der Waals surface area contributed by atoms with E-state index in [0.29, 0.717) is 11.8 Å². The highest BCUT2D eigenvalue weighted by Crippen LogP contribution is 2.27. The van der Waals surface area contributed by atoms with E-state index in [1.165, 1.54) is 0 Å². The van der Waals surface area contributed by atoms with Crippen molar-refractivity contribution in [3.05, 3.63) is 11.8 Å². The molecule has 1 fully saturated rings. The van der Waals surface area contributed by atoms with Crippen LogP contribution >= 0.6 is 0 Å². The van der Waals surface area contributed by atoms with E-state index in [1.807, 2.05) is 6.07 Å². The topological polar surface area (TPSA) is 47.3 Å². The van der Waals surface area contributed by atoms with E-state index in [1.54, 1.807) is 7.11 Å². The molecule has 1 N–H and O–H groups in total. The molecule has 1 aliphatic rings. The summed E-state index contributed by atoms with van der Waals surface area (Å²) in [6.07, 6.45) is 2.25. The van der Waals surface area contributed by atoms with Crippen LogP contribution in [0.1, 0.15) is 24.5 Å². The average molecular weight is 182 g/mol. The molecule has 1 aromatic rings. The molecule has 72 valence electrons. The first kappa shape index (κ1) is 8.56. The second-order valence-corrected chi connectivity index (χ2v) is 3.30. The minimum atomic E-state index is 0.512. The second kappa shape index (κ2) is 3.79. The molecule has 0 bridgehead atoms. The molecule has 1 aromatic heterocycles. The summed E-state index contributed by atoms with van der Waals surface area (Å²) in [5, 5.41) is 7.10. The lowest BCUT2D eigenvalue weighted by Gasteiger charge is -2.19. The molecule has 0 atom stereocenters. The largest absolute Gasteiger partial charge is 0.479 e. The molecule has 13 heavy (non-hydrogen) atoms. The van der Waals surface area contributed by atoms with Gasteiger partial charge in [0.05, 0.1) is 7.11 Å². The van der Waals surface area contributed by atoms with Gasteiger partial charge >= 0.3 is 0 Å². The maximum atomic E-state index is 5.19. The quantitative estimate of drug-likeness (QED) is 0.745. The summed E-state index contributed by atoms with van der Waals surface area (Å²) in [5.41, 5.74) is 0. The molecule has 0 saturated carbocycles. The summed E-state index contributed by atoms with van der Waals surface area (Å²) in [4.78, 5) is 0. The van der Waals surface area contributed by atoms with Crippen LogP contribution in [0.15, 0.2) is 10.6 Å². The Kier molecular flexibility index (Phi) is 2.49. The molecule has 4 nitrogen and oxygen atoms in total. The van der Waals surface area contributed by atoms with Crippen LogP contribution in [0.25, 0.3) is 0 Å². The molecule has 0 amide bonds. The summed E-state index contributed by atoms with van der Waals surface area (Å²) in [6, 6.07) is 1.88. The molecule has 1 saturated heterocycles. The fraction of sp³-hybridized carbons (Fsp3) is 0.667. The highest BCUT2D eigenvalue weighted by Gasteiger charge is 2.19. The predicted molar refractivity (Wildman–Crippen MR) is 47.9 cm³/mol. The van der Waals surface area contributed by atoms with Crippen molar-refractivity contribution < 1.29 is 9.26 Å². The van der Waals surface area contributed by atoms with Crippen LogP contribution in [0, 0.1) is 0 Å². The third-order valence-electron chi connectivity index (χ3n) is 2.46. The van der Waals surface area contributed by atoms with Gasteiger partial charge in [-0.25, -0.2) is 0 Å². The Hall–Kier alpha value is -1.03. The van der Waals surface area contributed by atoms with Crippen molar-refractivity contribution in [1.29, 1.82) is 0 Å². The normalized spacial score (nSPS) is 18.8. The van der Waals surface area contributed by atoms with Crippen LogP contribution in [0.4, 0.5) is 0 Å². The van der Waals surface area contributed by atoms with Gasteiger partial charge in [0, 0.05) is 12.0 Å². The molecule has 2 heterocycles. The van der Waals surface area contributed by atoms with Crippen LogP contribution in [0.3, 0.4) is 0 Å². The Morgan fingerprint density at radius 1 is 1.54 bits per heavy atom. The van der Waals surface area contributed by atoms with Gasteiger partial charge < -0.3 is 14.6 Å². The summed E-state index contributed by atoms with van der Waals surface area (Å²) < 4.78 is 10.2. The third kappa shape index (κ3) is 1.83. The fourth-order valence-corrected chi connectivity index (χ4v) is 1.67. The van der Waals surface area contributed by atoms with Crippen molar-refractivity contribution in [2.24, 2.45) is 0 Å². The summed E-state index contributed by atoms with van der Waals surface area (Å²) >= 11 is 0. The van der Waals surface area contributed by atoms with Gasteiger partial charge in [-0.1, -0.05) is 0 Å². The Balaban J connectivity index is 2.05. The summed E-state index contributed by atoms with van der Waals surface area (Å²) in [5.74, 6) is 2.05. The zero-order valence-corrected chi connectivity index (χ0v) is 7.75. The number of nitrogens with one attached hydrogen (secondary N) is 1. The monoisotopic (exact) mass is 182 g/mol. The molecule has 0 aliphatic carbocycles. The van der Waals surface area contributed by atoms with E-state index in [9.17, 15) is 0 Å². The number of piperidine rings is 1. The van der Waals surface area contributed by atoms with Gasteiger partial charge in [-0.3, -0.25) is 0 Å². The van der Waals surface area contributed by atoms with Crippen molar-refractivity contribution in [2.75, 3.05) is 20.2 Å². The molecule has 2 rings (SSSR count). The molecule has 4 heteroatoms. The van der Waals surface area contributed by atoms with Crippen molar-refractivity contribution in [2.45, 2.75) is 18.8 Å².